The Morgan fingerprint density at radius 2 is 1.86 bits per heavy atom. The average Bonchev–Trinajstić information content (AvgIpc) is 2.52. The number of nitro groups is 1. The number of hydrogen-bond donors (Lipinski definition) is 0. The summed E-state index contributed by atoms with van der Waals surface area (Å²) in [6, 6.07) is 6.58. The number of rotatable bonds is 7. The molecule has 0 saturated carbocycles. The molecule has 0 fully saturated rings. The summed E-state index contributed by atoms with van der Waals surface area (Å²) in [6.45, 7) is 8.17. The zero-order chi connectivity index (χ0) is 16.7. The second-order valence-electron chi connectivity index (χ2n) is 5.45. The zero-order valence-electron chi connectivity index (χ0n) is 13.7. The topological polar surface area (TPSA) is 63.5 Å². The highest BCUT2D eigenvalue weighted by atomic mass is 16.6. The van der Waals surface area contributed by atoms with Crippen LogP contribution in [0, 0.1) is 10.1 Å². The molecule has 0 N–H and O–H groups in total. The van der Waals surface area contributed by atoms with E-state index in [1.54, 1.807) is 18.2 Å². The lowest BCUT2D eigenvalue weighted by Gasteiger charge is -2.33. The Morgan fingerprint density at radius 3 is 2.36 bits per heavy atom. The molecule has 0 heterocycles. The van der Waals surface area contributed by atoms with Gasteiger partial charge in [0.1, 0.15) is 0 Å². The first-order valence-corrected chi connectivity index (χ1v) is 7.65. The Morgan fingerprint density at radius 1 is 1.27 bits per heavy atom. The van der Waals surface area contributed by atoms with Crippen LogP contribution >= 0.6 is 0 Å². The summed E-state index contributed by atoms with van der Waals surface area (Å²) in [5, 5.41) is 10.8. The first-order chi connectivity index (χ1) is 10.4. The summed E-state index contributed by atoms with van der Waals surface area (Å²) < 4.78 is 0. The van der Waals surface area contributed by atoms with Crippen LogP contribution in [0.4, 0.5) is 5.69 Å². The molecule has 0 unspecified atom stereocenters. The van der Waals surface area contributed by atoms with Crippen LogP contribution in [0.3, 0.4) is 0 Å². The minimum absolute atomic E-state index is 0.0234. The number of hydrogen-bond acceptors (Lipinski definition) is 3. The lowest BCUT2D eigenvalue weighted by Crippen LogP contribution is -2.43. The van der Waals surface area contributed by atoms with E-state index in [0.717, 1.165) is 12.8 Å². The van der Waals surface area contributed by atoms with Gasteiger partial charge in [-0.1, -0.05) is 26.0 Å². The van der Waals surface area contributed by atoms with Crippen LogP contribution in [0.2, 0.25) is 0 Å². The molecule has 0 aliphatic carbocycles. The van der Waals surface area contributed by atoms with Gasteiger partial charge in [0, 0.05) is 30.3 Å². The molecule has 0 aliphatic heterocycles. The van der Waals surface area contributed by atoms with Crippen LogP contribution in [-0.4, -0.2) is 27.8 Å². The Balaban J connectivity index is 2.93. The van der Waals surface area contributed by atoms with Crippen molar-refractivity contribution in [1.29, 1.82) is 0 Å². The molecule has 0 spiro atoms. The summed E-state index contributed by atoms with van der Waals surface area (Å²) in [4.78, 5) is 24.6. The molecular weight excluding hydrogens is 280 g/mol. The van der Waals surface area contributed by atoms with E-state index in [0.29, 0.717) is 5.56 Å². The third-order valence-electron chi connectivity index (χ3n) is 3.89. The number of benzene rings is 1. The van der Waals surface area contributed by atoms with Gasteiger partial charge in [0.05, 0.1) is 4.92 Å². The Labute approximate surface area is 131 Å². The van der Waals surface area contributed by atoms with Crippen LogP contribution in [0.5, 0.6) is 0 Å². The van der Waals surface area contributed by atoms with Crippen LogP contribution < -0.4 is 0 Å². The van der Waals surface area contributed by atoms with Gasteiger partial charge < -0.3 is 4.90 Å². The van der Waals surface area contributed by atoms with Crippen molar-refractivity contribution < 1.29 is 9.72 Å². The van der Waals surface area contributed by atoms with Gasteiger partial charge in [-0.25, -0.2) is 0 Å². The normalized spacial score (nSPS) is 13.8. The van der Waals surface area contributed by atoms with Crippen molar-refractivity contribution in [2.24, 2.45) is 0 Å². The highest BCUT2D eigenvalue weighted by Gasteiger charge is 2.21. The molecule has 2 atom stereocenters. The fourth-order valence-corrected chi connectivity index (χ4v) is 2.26. The fraction of sp³-hybridized carbons (Fsp3) is 0.471. The van der Waals surface area contributed by atoms with E-state index in [9.17, 15) is 14.9 Å². The van der Waals surface area contributed by atoms with Gasteiger partial charge in [0.25, 0.3) is 5.69 Å². The molecular formula is C17H24N2O3. The lowest BCUT2D eigenvalue weighted by atomic mass is 10.1. The summed E-state index contributed by atoms with van der Waals surface area (Å²) in [7, 11) is 0. The number of carbonyl (C=O) groups is 1. The van der Waals surface area contributed by atoms with E-state index < -0.39 is 4.92 Å². The van der Waals surface area contributed by atoms with Crippen molar-refractivity contribution >= 4 is 17.7 Å². The summed E-state index contributed by atoms with van der Waals surface area (Å²) in [5.74, 6) is -0.0600. The first-order valence-electron chi connectivity index (χ1n) is 7.65. The van der Waals surface area contributed by atoms with E-state index in [1.807, 2.05) is 18.7 Å². The Bertz CT molecular complexity index is 545. The molecule has 0 aliphatic rings. The average molecular weight is 304 g/mol. The Hall–Kier alpha value is -2.17. The highest BCUT2D eigenvalue weighted by Crippen LogP contribution is 2.16. The van der Waals surface area contributed by atoms with Crippen LogP contribution in [0.25, 0.3) is 6.08 Å². The third-order valence-corrected chi connectivity index (χ3v) is 3.89. The van der Waals surface area contributed by atoms with Crippen molar-refractivity contribution in [1.82, 2.24) is 4.90 Å². The van der Waals surface area contributed by atoms with Gasteiger partial charge in [-0.05, 0) is 38.3 Å². The van der Waals surface area contributed by atoms with E-state index in [-0.39, 0.29) is 23.7 Å². The number of nitrogens with zero attached hydrogens (tertiary/aromatic N) is 2. The summed E-state index contributed by atoms with van der Waals surface area (Å²) >= 11 is 0. The van der Waals surface area contributed by atoms with E-state index in [1.165, 1.54) is 18.2 Å². The fourth-order valence-electron chi connectivity index (χ4n) is 2.26. The predicted molar refractivity (Wildman–Crippen MR) is 88.5 cm³/mol. The standard InChI is InChI=1S/C17H24N2O3/c1-5-13(3)18(14(4)6-2)17(20)11-10-15-8-7-9-16(12-15)19(21)22/h7-14H,5-6H2,1-4H3/b11-10+/t13-,14+. The maximum atomic E-state index is 12.4. The monoisotopic (exact) mass is 304 g/mol. The van der Waals surface area contributed by atoms with Crippen LogP contribution in [0.1, 0.15) is 46.1 Å². The largest absolute Gasteiger partial charge is 0.334 e. The lowest BCUT2D eigenvalue weighted by molar-refractivity contribution is -0.384. The van der Waals surface area contributed by atoms with Gasteiger partial charge in [0.2, 0.25) is 5.91 Å². The first kappa shape index (κ1) is 17.9. The van der Waals surface area contributed by atoms with Gasteiger partial charge >= 0.3 is 0 Å². The van der Waals surface area contributed by atoms with Crippen molar-refractivity contribution in [2.45, 2.75) is 52.6 Å². The smallest absolute Gasteiger partial charge is 0.270 e. The number of non-ortho nitro benzene ring substituents is 1. The van der Waals surface area contributed by atoms with E-state index >= 15 is 0 Å². The van der Waals surface area contributed by atoms with E-state index in [4.69, 9.17) is 0 Å². The molecule has 22 heavy (non-hydrogen) atoms. The van der Waals surface area contributed by atoms with Gasteiger partial charge in [0.15, 0.2) is 0 Å². The van der Waals surface area contributed by atoms with Gasteiger partial charge in [-0.3, -0.25) is 14.9 Å². The molecule has 1 aromatic rings. The minimum atomic E-state index is -0.441. The molecule has 0 bridgehead atoms. The number of carbonyl (C=O) groups excluding carboxylic acids is 1. The molecule has 1 rings (SSSR count). The molecule has 0 saturated heterocycles. The number of amides is 1. The van der Waals surface area contributed by atoms with Crippen LogP contribution in [-0.2, 0) is 4.79 Å². The Kier molecular flexibility index (Phi) is 6.76. The molecule has 5 heteroatoms. The summed E-state index contributed by atoms with van der Waals surface area (Å²) in [5.41, 5.74) is 0.672. The SMILES string of the molecule is CC[C@@H](C)N(C(=O)/C=C/c1cccc([N+](=O)[O-])c1)[C@@H](C)CC. The molecule has 5 nitrogen and oxygen atoms in total. The third kappa shape index (κ3) is 4.69. The molecule has 1 amide bonds. The molecule has 120 valence electrons. The minimum Gasteiger partial charge on any atom is -0.334 e. The van der Waals surface area contributed by atoms with Crippen molar-refractivity contribution in [3.05, 3.63) is 46.0 Å². The molecule has 0 aromatic heterocycles. The quantitative estimate of drug-likeness (QED) is 0.434. The van der Waals surface area contributed by atoms with Crippen LogP contribution in [0.15, 0.2) is 30.3 Å². The van der Waals surface area contributed by atoms with E-state index in [2.05, 4.69) is 13.8 Å². The maximum Gasteiger partial charge on any atom is 0.270 e. The maximum absolute atomic E-state index is 12.4. The zero-order valence-corrected chi connectivity index (χ0v) is 13.7. The summed E-state index contributed by atoms with van der Waals surface area (Å²) in [6.07, 6.45) is 4.91. The molecule has 1 aromatic carbocycles. The van der Waals surface area contributed by atoms with Crippen molar-refractivity contribution in [2.75, 3.05) is 0 Å². The molecule has 0 radical (unpaired) electrons. The van der Waals surface area contributed by atoms with Gasteiger partial charge in [-0.15, -0.1) is 0 Å². The second-order valence-corrected chi connectivity index (χ2v) is 5.45. The number of nitro benzene ring substituents is 1. The van der Waals surface area contributed by atoms with Gasteiger partial charge in [-0.2, -0.15) is 0 Å². The van der Waals surface area contributed by atoms with Crippen molar-refractivity contribution in [3.63, 3.8) is 0 Å². The predicted octanol–water partition coefficient (Wildman–Crippen LogP) is 4.03. The second kappa shape index (κ2) is 8.32. The highest BCUT2D eigenvalue weighted by molar-refractivity contribution is 5.92. The van der Waals surface area contributed by atoms with Crippen molar-refractivity contribution in [3.8, 4) is 0 Å².